The molecule has 0 spiro atoms. The summed E-state index contributed by atoms with van der Waals surface area (Å²) in [4.78, 5) is 0.152. The van der Waals surface area contributed by atoms with Crippen molar-refractivity contribution in [3.05, 3.63) is 58.1 Å². The Morgan fingerprint density at radius 2 is 1.57 bits per heavy atom. The lowest BCUT2D eigenvalue weighted by Gasteiger charge is -2.31. The monoisotopic (exact) mass is 462 g/mol. The number of aryl methyl sites for hydroxylation is 1. The standard InChI is InChI=1S/C18H20Cl2N2O4S2/c1-13-2-5-16(6-3-13)28(25,26)22-10-8-15(9-11-22)21-27(23,24)18-12-14(19)4-7-17(18)20/h2-7,12,15,21H,8-11H2,1H3. The van der Waals surface area contributed by atoms with Crippen LogP contribution in [-0.4, -0.2) is 40.3 Å². The fourth-order valence-corrected chi connectivity index (χ4v) is 6.58. The first-order chi connectivity index (χ1) is 13.1. The Hall–Kier alpha value is -1.16. The number of rotatable bonds is 5. The van der Waals surface area contributed by atoms with E-state index in [-0.39, 0.29) is 39.0 Å². The molecular formula is C18H20Cl2N2O4S2. The number of nitrogens with one attached hydrogen (secondary N) is 1. The number of nitrogens with zero attached hydrogens (tertiary/aromatic N) is 1. The fourth-order valence-electron chi connectivity index (χ4n) is 3.04. The topological polar surface area (TPSA) is 83.6 Å². The van der Waals surface area contributed by atoms with Crippen molar-refractivity contribution in [2.45, 2.75) is 35.6 Å². The minimum absolute atomic E-state index is 0.0799. The van der Waals surface area contributed by atoms with Crippen LogP contribution in [0.3, 0.4) is 0 Å². The van der Waals surface area contributed by atoms with E-state index < -0.39 is 20.0 Å². The Balaban J connectivity index is 1.68. The highest BCUT2D eigenvalue weighted by Gasteiger charge is 2.31. The maximum atomic E-state index is 12.7. The van der Waals surface area contributed by atoms with E-state index in [4.69, 9.17) is 23.2 Å². The first-order valence-corrected chi connectivity index (χ1v) is 12.3. The third kappa shape index (κ3) is 4.69. The Kier molecular flexibility index (Phi) is 6.38. The van der Waals surface area contributed by atoms with Crippen molar-refractivity contribution >= 4 is 43.2 Å². The molecule has 1 aliphatic heterocycles. The van der Waals surface area contributed by atoms with Crippen molar-refractivity contribution < 1.29 is 16.8 Å². The third-order valence-electron chi connectivity index (χ3n) is 4.62. The molecule has 1 N–H and O–H groups in total. The largest absolute Gasteiger partial charge is 0.243 e. The van der Waals surface area contributed by atoms with Crippen LogP contribution in [0.25, 0.3) is 0 Å². The van der Waals surface area contributed by atoms with Gasteiger partial charge in [-0.05, 0) is 50.1 Å². The molecule has 0 aromatic heterocycles. The van der Waals surface area contributed by atoms with E-state index in [1.54, 1.807) is 24.3 Å². The van der Waals surface area contributed by atoms with Crippen LogP contribution in [0.5, 0.6) is 0 Å². The van der Waals surface area contributed by atoms with E-state index in [0.717, 1.165) is 5.56 Å². The summed E-state index contributed by atoms with van der Waals surface area (Å²) < 4.78 is 54.7. The molecule has 1 fully saturated rings. The first kappa shape index (κ1) is 21.5. The Morgan fingerprint density at radius 3 is 2.18 bits per heavy atom. The molecule has 10 heteroatoms. The SMILES string of the molecule is Cc1ccc(S(=O)(=O)N2CCC(NS(=O)(=O)c3cc(Cl)ccc3Cl)CC2)cc1. The van der Waals surface area contributed by atoms with Crippen LogP contribution in [0.1, 0.15) is 18.4 Å². The van der Waals surface area contributed by atoms with Gasteiger partial charge in [0, 0.05) is 24.2 Å². The molecule has 0 amide bonds. The molecule has 152 valence electrons. The van der Waals surface area contributed by atoms with Gasteiger partial charge in [0.15, 0.2) is 0 Å². The van der Waals surface area contributed by atoms with Gasteiger partial charge < -0.3 is 0 Å². The molecule has 0 radical (unpaired) electrons. The molecule has 0 aliphatic carbocycles. The van der Waals surface area contributed by atoms with E-state index in [2.05, 4.69) is 4.72 Å². The van der Waals surface area contributed by atoms with Gasteiger partial charge in [-0.3, -0.25) is 0 Å². The zero-order valence-corrected chi connectivity index (χ0v) is 18.2. The van der Waals surface area contributed by atoms with Gasteiger partial charge in [0.05, 0.1) is 9.92 Å². The number of piperidine rings is 1. The highest BCUT2D eigenvalue weighted by atomic mass is 35.5. The summed E-state index contributed by atoms with van der Waals surface area (Å²) in [5.41, 5.74) is 0.978. The highest BCUT2D eigenvalue weighted by Crippen LogP contribution is 2.27. The summed E-state index contributed by atoms with van der Waals surface area (Å²) >= 11 is 11.9. The van der Waals surface area contributed by atoms with Crippen molar-refractivity contribution in [3.8, 4) is 0 Å². The Labute approximate surface area is 175 Å². The summed E-state index contributed by atoms with van der Waals surface area (Å²) in [6.45, 7) is 2.35. The predicted molar refractivity (Wildman–Crippen MR) is 110 cm³/mol. The summed E-state index contributed by atoms with van der Waals surface area (Å²) in [6, 6.07) is 10.5. The van der Waals surface area contributed by atoms with E-state index in [1.165, 1.54) is 22.5 Å². The van der Waals surface area contributed by atoms with Gasteiger partial charge >= 0.3 is 0 Å². The molecule has 0 unspecified atom stereocenters. The van der Waals surface area contributed by atoms with E-state index >= 15 is 0 Å². The van der Waals surface area contributed by atoms with Crippen molar-refractivity contribution in [2.75, 3.05) is 13.1 Å². The van der Waals surface area contributed by atoms with E-state index in [1.807, 2.05) is 6.92 Å². The number of hydrogen-bond donors (Lipinski definition) is 1. The van der Waals surface area contributed by atoms with E-state index in [0.29, 0.717) is 12.8 Å². The first-order valence-electron chi connectivity index (χ1n) is 8.64. The molecule has 6 nitrogen and oxygen atoms in total. The molecule has 2 aromatic carbocycles. The summed E-state index contributed by atoms with van der Waals surface area (Å²) in [5.74, 6) is 0. The smallest absolute Gasteiger partial charge is 0.208 e. The molecule has 1 saturated heterocycles. The second-order valence-corrected chi connectivity index (χ2v) is 11.2. The second kappa shape index (κ2) is 8.30. The van der Waals surface area contributed by atoms with Crippen LogP contribution in [-0.2, 0) is 20.0 Å². The number of benzene rings is 2. The molecule has 1 heterocycles. The maximum absolute atomic E-state index is 12.7. The van der Waals surface area contributed by atoms with E-state index in [9.17, 15) is 16.8 Å². The van der Waals surface area contributed by atoms with Gasteiger partial charge in [0.1, 0.15) is 4.90 Å². The number of hydrogen-bond acceptors (Lipinski definition) is 4. The quantitative estimate of drug-likeness (QED) is 0.737. The van der Waals surface area contributed by atoms with Gasteiger partial charge in [-0.25, -0.2) is 21.6 Å². The third-order valence-corrected chi connectivity index (χ3v) is 8.77. The van der Waals surface area contributed by atoms with Gasteiger partial charge in [-0.2, -0.15) is 4.31 Å². The second-order valence-electron chi connectivity index (χ2n) is 6.69. The van der Waals surface area contributed by atoms with Crippen LogP contribution < -0.4 is 4.72 Å². The predicted octanol–water partition coefficient (Wildman–Crippen LogP) is 3.43. The molecule has 3 rings (SSSR count). The summed E-state index contributed by atoms with van der Waals surface area (Å²) in [6.07, 6.45) is 0.727. The molecule has 1 aliphatic rings. The zero-order valence-electron chi connectivity index (χ0n) is 15.1. The van der Waals surface area contributed by atoms with Crippen LogP contribution in [0.2, 0.25) is 10.0 Å². The number of sulfonamides is 2. The van der Waals surface area contributed by atoms with Crippen LogP contribution in [0, 0.1) is 6.92 Å². The van der Waals surface area contributed by atoms with Crippen molar-refractivity contribution in [3.63, 3.8) is 0 Å². The molecular weight excluding hydrogens is 443 g/mol. The minimum Gasteiger partial charge on any atom is -0.208 e. The van der Waals surface area contributed by atoms with Crippen LogP contribution in [0.4, 0.5) is 0 Å². The summed E-state index contributed by atoms with van der Waals surface area (Å²) in [7, 11) is -7.45. The number of halogens is 2. The van der Waals surface area contributed by atoms with Crippen molar-refractivity contribution in [2.24, 2.45) is 0 Å². The van der Waals surface area contributed by atoms with Crippen LogP contribution in [0.15, 0.2) is 52.3 Å². The maximum Gasteiger partial charge on any atom is 0.243 e. The lowest BCUT2D eigenvalue weighted by Crippen LogP contribution is -2.46. The zero-order chi connectivity index (χ0) is 20.5. The van der Waals surface area contributed by atoms with Gasteiger partial charge in [0.25, 0.3) is 0 Å². The van der Waals surface area contributed by atoms with Gasteiger partial charge in [-0.1, -0.05) is 40.9 Å². The minimum atomic E-state index is -3.86. The Bertz CT molecular complexity index is 1060. The van der Waals surface area contributed by atoms with Gasteiger partial charge in [-0.15, -0.1) is 0 Å². The van der Waals surface area contributed by atoms with Gasteiger partial charge in [0.2, 0.25) is 20.0 Å². The molecule has 2 aromatic rings. The summed E-state index contributed by atoms with van der Waals surface area (Å²) in [5, 5.41) is 0.347. The highest BCUT2D eigenvalue weighted by molar-refractivity contribution is 7.89. The average Bonchev–Trinajstić information content (AvgIpc) is 2.64. The molecule has 0 atom stereocenters. The normalized spacial score (nSPS) is 17.0. The molecule has 0 bridgehead atoms. The molecule has 0 saturated carbocycles. The Morgan fingerprint density at radius 1 is 0.964 bits per heavy atom. The lowest BCUT2D eigenvalue weighted by atomic mass is 10.1. The van der Waals surface area contributed by atoms with Crippen molar-refractivity contribution in [1.29, 1.82) is 0 Å². The lowest BCUT2D eigenvalue weighted by molar-refractivity contribution is 0.308. The van der Waals surface area contributed by atoms with Crippen LogP contribution >= 0.6 is 23.2 Å². The molecule has 28 heavy (non-hydrogen) atoms. The average molecular weight is 463 g/mol. The fraction of sp³-hybridized carbons (Fsp3) is 0.333. The van der Waals surface area contributed by atoms with Crippen molar-refractivity contribution in [1.82, 2.24) is 9.03 Å².